The van der Waals surface area contributed by atoms with Crippen molar-refractivity contribution < 1.29 is 14.8 Å². The van der Waals surface area contributed by atoms with Crippen LogP contribution in [0.4, 0.5) is 5.69 Å². The lowest BCUT2D eigenvalue weighted by molar-refractivity contribution is -0.383. The number of hydrogen-bond acceptors (Lipinski definition) is 6. The van der Waals surface area contributed by atoms with Crippen molar-refractivity contribution in [1.29, 1.82) is 0 Å². The molecule has 0 atom stereocenters. The minimum atomic E-state index is -0.347. The molecule has 8 nitrogen and oxygen atoms in total. The summed E-state index contributed by atoms with van der Waals surface area (Å²) in [5, 5.41) is 22.4. The van der Waals surface area contributed by atoms with E-state index in [2.05, 4.69) is 0 Å². The fraction of sp³-hybridized carbons (Fsp3) is 0.273. The van der Waals surface area contributed by atoms with Gasteiger partial charge in [-0.2, -0.15) is 0 Å². The molecule has 0 saturated heterocycles. The zero-order valence-corrected chi connectivity index (χ0v) is 17.8. The summed E-state index contributed by atoms with van der Waals surface area (Å²) in [6, 6.07) is 10.1. The second kappa shape index (κ2) is 8.46. The molecular weight excluding hydrogens is 384 g/mol. The van der Waals surface area contributed by atoms with Gasteiger partial charge in [-0.3, -0.25) is 10.1 Å². The maximum absolute atomic E-state index is 12.1. The van der Waals surface area contributed by atoms with Crippen LogP contribution < -0.4 is 4.74 Å². The first-order valence-corrected chi connectivity index (χ1v) is 9.42. The molecule has 0 fully saturated rings. The van der Waals surface area contributed by atoms with Gasteiger partial charge >= 0.3 is 5.69 Å². The number of phenols is 1. The molecular formula is C22H26N4O4. The van der Waals surface area contributed by atoms with E-state index >= 15 is 0 Å². The predicted molar refractivity (Wildman–Crippen MR) is 118 cm³/mol. The Labute approximate surface area is 175 Å². The van der Waals surface area contributed by atoms with Crippen molar-refractivity contribution in [2.75, 3.05) is 35.3 Å². The molecule has 0 unspecified atom stereocenters. The van der Waals surface area contributed by atoms with E-state index in [0.29, 0.717) is 34.6 Å². The third-order valence-corrected chi connectivity index (χ3v) is 4.72. The maximum atomic E-state index is 12.1. The third kappa shape index (κ3) is 3.95. The van der Waals surface area contributed by atoms with Crippen LogP contribution in [0.15, 0.2) is 42.6 Å². The lowest BCUT2D eigenvalue weighted by Crippen LogP contribution is -2.13. The Balaban J connectivity index is 2.52. The lowest BCUT2D eigenvalue weighted by Gasteiger charge is -2.17. The Kier molecular flexibility index (Phi) is 5.98. The highest BCUT2D eigenvalue weighted by atomic mass is 16.6. The summed E-state index contributed by atoms with van der Waals surface area (Å²) in [4.78, 5) is 15.6. The number of aromatic hydroxyl groups is 1. The van der Waals surface area contributed by atoms with Gasteiger partial charge in [-0.05, 0) is 56.6 Å². The van der Waals surface area contributed by atoms with E-state index in [-0.39, 0.29) is 16.4 Å². The highest BCUT2D eigenvalue weighted by Crippen LogP contribution is 2.41. The van der Waals surface area contributed by atoms with Gasteiger partial charge in [0, 0.05) is 38.1 Å². The summed E-state index contributed by atoms with van der Waals surface area (Å²) in [6.07, 6.45) is 3.51. The number of benzene rings is 2. The van der Waals surface area contributed by atoms with E-state index in [0.717, 1.165) is 5.56 Å². The van der Waals surface area contributed by atoms with Gasteiger partial charge in [0.05, 0.1) is 22.9 Å². The number of methoxy groups -OCH3 is 1. The van der Waals surface area contributed by atoms with Gasteiger partial charge in [0.15, 0.2) is 0 Å². The molecule has 1 aromatic heterocycles. The number of ether oxygens (including phenoxy) is 1. The highest BCUT2D eigenvalue weighted by molar-refractivity contribution is 5.99. The van der Waals surface area contributed by atoms with Crippen LogP contribution in [-0.4, -0.2) is 59.7 Å². The first-order valence-electron chi connectivity index (χ1n) is 9.42. The Morgan fingerprint density at radius 1 is 1.13 bits per heavy atom. The monoisotopic (exact) mass is 410 g/mol. The molecule has 158 valence electrons. The average Bonchev–Trinajstić information content (AvgIpc) is 3.01. The summed E-state index contributed by atoms with van der Waals surface area (Å²) in [7, 11) is 9.18. The van der Waals surface area contributed by atoms with Crippen LogP contribution in [0.25, 0.3) is 22.7 Å². The zero-order chi connectivity index (χ0) is 22.0. The Morgan fingerprint density at radius 2 is 1.80 bits per heavy atom. The number of aromatic nitrogens is 1. The van der Waals surface area contributed by atoms with Crippen molar-refractivity contribution in [3.8, 4) is 17.2 Å². The zero-order valence-electron chi connectivity index (χ0n) is 17.8. The van der Waals surface area contributed by atoms with Gasteiger partial charge < -0.3 is 24.2 Å². The molecule has 0 aliphatic rings. The maximum Gasteiger partial charge on any atom is 0.302 e. The Hall–Kier alpha value is -3.52. The molecule has 0 radical (unpaired) electrons. The van der Waals surface area contributed by atoms with Crippen LogP contribution >= 0.6 is 0 Å². The standard InChI is InChI=1S/C22H26N4O4/c1-23(2)13-12-19-22(26(28)29)17-10-11-20(30-5)18(14-24(3)4)21(17)25(19)15-6-8-16(27)9-7-15/h6-13,27H,14H2,1-5H3. The van der Waals surface area contributed by atoms with Crippen LogP contribution in [0, 0.1) is 10.1 Å². The van der Waals surface area contributed by atoms with Gasteiger partial charge in [-0.15, -0.1) is 0 Å². The topological polar surface area (TPSA) is 84.0 Å². The lowest BCUT2D eigenvalue weighted by atomic mass is 10.1. The van der Waals surface area contributed by atoms with Crippen molar-refractivity contribution in [1.82, 2.24) is 14.4 Å². The molecule has 0 bridgehead atoms. The van der Waals surface area contributed by atoms with E-state index < -0.39 is 0 Å². The van der Waals surface area contributed by atoms with Crippen molar-refractivity contribution in [3.63, 3.8) is 0 Å². The molecule has 3 aromatic rings. The number of nitro groups is 1. The van der Waals surface area contributed by atoms with Crippen LogP contribution in [-0.2, 0) is 6.54 Å². The second-order valence-corrected chi connectivity index (χ2v) is 7.50. The molecule has 1 N–H and O–H groups in total. The number of phenolic OH excluding ortho intramolecular Hbond substituents is 1. The molecule has 2 aromatic carbocycles. The Bertz CT molecular complexity index is 1100. The van der Waals surface area contributed by atoms with E-state index in [4.69, 9.17) is 4.74 Å². The van der Waals surface area contributed by atoms with E-state index in [1.165, 1.54) is 0 Å². The van der Waals surface area contributed by atoms with Crippen molar-refractivity contribution in [3.05, 3.63) is 64.0 Å². The quantitative estimate of drug-likeness (QED) is 0.471. The van der Waals surface area contributed by atoms with E-state index in [9.17, 15) is 15.2 Å². The van der Waals surface area contributed by atoms with E-state index in [1.54, 1.807) is 55.8 Å². The van der Waals surface area contributed by atoms with Crippen molar-refractivity contribution in [2.45, 2.75) is 6.54 Å². The van der Waals surface area contributed by atoms with Crippen LogP contribution in [0.3, 0.4) is 0 Å². The SMILES string of the molecule is COc1ccc2c([N+](=O)[O-])c(C=CN(C)C)n(-c3ccc(O)cc3)c2c1CN(C)C. The molecule has 0 saturated carbocycles. The molecule has 3 rings (SSSR count). The molecule has 0 amide bonds. The number of nitrogens with zero attached hydrogens (tertiary/aromatic N) is 4. The van der Waals surface area contributed by atoms with Crippen LogP contribution in [0.1, 0.15) is 11.3 Å². The molecule has 0 spiro atoms. The fourth-order valence-corrected chi connectivity index (χ4v) is 3.52. The average molecular weight is 410 g/mol. The minimum absolute atomic E-state index is 0.0267. The molecule has 8 heteroatoms. The largest absolute Gasteiger partial charge is 0.508 e. The third-order valence-electron chi connectivity index (χ3n) is 4.72. The number of rotatable bonds is 7. The second-order valence-electron chi connectivity index (χ2n) is 7.50. The van der Waals surface area contributed by atoms with Gasteiger partial charge in [-0.25, -0.2) is 0 Å². The molecule has 0 aliphatic carbocycles. The normalized spacial score (nSPS) is 11.5. The first kappa shape index (κ1) is 21.2. The van der Waals surface area contributed by atoms with Gasteiger partial charge in [0.1, 0.15) is 17.2 Å². The molecule has 1 heterocycles. The molecule has 0 aliphatic heterocycles. The van der Waals surface area contributed by atoms with E-state index in [1.807, 2.05) is 42.6 Å². The van der Waals surface area contributed by atoms with Crippen molar-refractivity contribution in [2.24, 2.45) is 0 Å². The summed E-state index contributed by atoms with van der Waals surface area (Å²) in [6.45, 7) is 0.538. The summed E-state index contributed by atoms with van der Waals surface area (Å²) in [5.74, 6) is 0.785. The fourth-order valence-electron chi connectivity index (χ4n) is 3.52. The smallest absolute Gasteiger partial charge is 0.302 e. The summed E-state index contributed by atoms with van der Waals surface area (Å²) in [5.41, 5.74) is 2.73. The highest BCUT2D eigenvalue weighted by Gasteiger charge is 2.28. The molecule has 30 heavy (non-hydrogen) atoms. The summed E-state index contributed by atoms with van der Waals surface area (Å²) >= 11 is 0. The first-order chi connectivity index (χ1) is 14.2. The summed E-state index contributed by atoms with van der Waals surface area (Å²) < 4.78 is 7.45. The minimum Gasteiger partial charge on any atom is -0.508 e. The number of fused-ring (bicyclic) bond motifs is 1. The number of hydrogen-bond donors (Lipinski definition) is 1. The van der Waals surface area contributed by atoms with Crippen LogP contribution in [0.5, 0.6) is 11.5 Å². The van der Waals surface area contributed by atoms with Crippen LogP contribution in [0.2, 0.25) is 0 Å². The van der Waals surface area contributed by atoms with Gasteiger partial charge in [0.2, 0.25) is 0 Å². The van der Waals surface area contributed by atoms with Gasteiger partial charge in [-0.1, -0.05) is 0 Å². The van der Waals surface area contributed by atoms with Gasteiger partial charge in [0.25, 0.3) is 0 Å². The Morgan fingerprint density at radius 3 is 2.33 bits per heavy atom. The van der Waals surface area contributed by atoms with Crippen molar-refractivity contribution >= 4 is 22.7 Å². The predicted octanol–water partition coefficient (Wildman–Crippen LogP) is 3.85.